The van der Waals surface area contributed by atoms with Crippen LogP contribution < -0.4 is 33.2 Å². The Bertz CT molecular complexity index is 859. The molecular formula is C21H37N7O9. The molecule has 0 aliphatic heterocycles. The van der Waals surface area contributed by atoms with E-state index < -0.39 is 79.1 Å². The number of carbonyl (C=O) groups excluding carboxylic acids is 3. The number of nitrogens with one attached hydrogen (secondary N) is 3. The molecule has 37 heavy (non-hydrogen) atoms. The van der Waals surface area contributed by atoms with Crippen molar-refractivity contribution in [2.24, 2.45) is 28.1 Å². The van der Waals surface area contributed by atoms with Crippen molar-refractivity contribution >= 4 is 41.6 Å². The zero-order valence-electron chi connectivity index (χ0n) is 20.8. The lowest BCUT2D eigenvalue weighted by Crippen LogP contribution is -2.57. The fourth-order valence-corrected chi connectivity index (χ4v) is 3.09. The Hall–Kier alpha value is -3.95. The molecule has 4 atom stereocenters. The molecule has 0 aliphatic rings. The zero-order chi connectivity index (χ0) is 28.7. The molecule has 0 fully saturated rings. The molecule has 0 saturated carbocycles. The highest BCUT2D eigenvalue weighted by Gasteiger charge is 2.31. The zero-order valence-corrected chi connectivity index (χ0v) is 20.8. The monoisotopic (exact) mass is 531 g/mol. The summed E-state index contributed by atoms with van der Waals surface area (Å²) in [7, 11) is 0. The Labute approximate surface area is 213 Å². The molecule has 16 heteroatoms. The Morgan fingerprint density at radius 1 is 0.784 bits per heavy atom. The molecular weight excluding hydrogens is 494 g/mol. The quantitative estimate of drug-likeness (QED) is 0.0495. The van der Waals surface area contributed by atoms with Crippen LogP contribution in [0.5, 0.6) is 0 Å². The average Bonchev–Trinajstić information content (AvgIpc) is 2.76. The largest absolute Gasteiger partial charge is 0.481 e. The predicted octanol–water partition coefficient (Wildman–Crippen LogP) is -2.71. The van der Waals surface area contributed by atoms with Gasteiger partial charge in [0, 0.05) is 13.0 Å². The third-order valence-electron chi connectivity index (χ3n) is 4.92. The van der Waals surface area contributed by atoms with Crippen molar-refractivity contribution in [1.29, 1.82) is 0 Å². The van der Waals surface area contributed by atoms with Gasteiger partial charge >= 0.3 is 17.9 Å². The van der Waals surface area contributed by atoms with Crippen molar-refractivity contribution in [2.75, 3.05) is 6.54 Å². The summed E-state index contributed by atoms with van der Waals surface area (Å²) in [4.78, 5) is 75.5. The molecule has 0 aromatic rings. The topological polar surface area (TPSA) is 290 Å². The number of nitrogens with two attached hydrogens (primary N) is 3. The molecule has 0 rings (SSSR count). The number of aliphatic imine (C=N–C) groups is 1. The smallest absolute Gasteiger partial charge is 0.326 e. The molecule has 0 aromatic heterocycles. The summed E-state index contributed by atoms with van der Waals surface area (Å²) in [6, 6.07) is -5.60. The van der Waals surface area contributed by atoms with Gasteiger partial charge in [0.1, 0.15) is 18.1 Å². The van der Waals surface area contributed by atoms with Crippen LogP contribution in [0.15, 0.2) is 4.99 Å². The number of carboxylic acids is 3. The minimum Gasteiger partial charge on any atom is -0.481 e. The maximum atomic E-state index is 12.8. The third-order valence-corrected chi connectivity index (χ3v) is 4.92. The number of aliphatic carboxylic acids is 3. The molecule has 0 aliphatic carbocycles. The van der Waals surface area contributed by atoms with E-state index in [-0.39, 0.29) is 31.3 Å². The summed E-state index contributed by atoms with van der Waals surface area (Å²) < 4.78 is 0. The van der Waals surface area contributed by atoms with Gasteiger partial charge < -0.3 is 48.5 Å². The van der Waals surface area contributed by atoms with Crippen molar-refractivity contribution in [2.45, 2.75) is 76.5 Å². The van der Waals surface area contributed by atoms with Gasteiger partial charge in [-0.25, -0.2) is 4.79 Å². The number of carbonyl (C=O) groups is 6. The molecule has 0 radical (unpaired) electrons. The van der Waals surface area contributed by atoms with Crippen LogP contribution in [0, 0.1) is 5.92 Å². The van der Waals surface area contributed by atoms with Crippen molar-refractivity contribution < 1.29 is 44.1 Å². The van der Waals surface area contributed by atoms with E-state index in [9.17, 15) is 33.9 Å². The van der Waals surface area contributed by atoms with Crippen LogP contribution in [-0.4, -0.2) is 87.6 Å². The first-order valence-corrected chi connectivity index (χ1v) is 11.5. The molecule has 210 valence electrons. The second-order valence-corrected chi connectivity index (χ2v) is 8.74. The maximum Gasteiger partial charge on any atom is 0.326 e. The first kappa shape index (κ1) is 33.0. The molecule has 0 spiro atoms. The van der Waals surface area contributed by atoms with Gasteiger partial charge in [-0.1, -0.05) is 13.8 Å². The van der Waals surface area contributed by atoms with Crippen LogP contribution in [0.4, 0.5) is 0 Å². The van der Waals surface area contributed by atoms with Gasteiger partial charge in [0.2, 0.25) is 17.7 Å². The maximum absolute atomic E-state index is 12.8. The average molecular weight is 532 g/mol. The van der Waals surface area contributed by atoms with Gasteiger partial charge in [0.15, 0.2) is 5.96 Å². The summed E-state index contributed by atoms with van der Waals surface area (Å²) in [5.74, 6) is -7.22. The Morgan fingerprint density at radius 2 is 1.32 bits per heavy atom. The van der Waals surface area contributed by atoms with E-state index in [0.717, 1.165) is 0 Å². The Kier molecular flexibility index (Phi) is 14.9. The first-order chi connectivity index (χ1) is 17.1. The van der Waals surface area contributed by atoms with E-state index in [0.29, 0.717) is 6.42 Å². The number of hydrogen-bond acceptors (Lipinski definition) is 8. The molecule has 4 unspecified atom stereocenters. The van der Waals surface area contributed by atoms with Crippen molar-refractivity contribution in [1.82, 2.24) is 16.0 Å². The lowest BCUT2D eigenvalue weighted by atomic mass is 10.0. The lowest BCUT2D eigenvalue weighted by molar-refractivity contribution is -0.144. The molecule has 12 N–H and O–H groups in total. The van der Waals surface area contributed by atoms with Crippen molar-refractivity contribution in [3.05, 3.63) is 0 Å². The lowest BCUT2D eigenvalue weighted by Gasteiger charge is -2.25. The fourth-order valence-electron chi connectivity index (χ4n) is 3.09. The summed E-state index contributed by atoms with van der Waals surface area (Å²) in [5, 5.41) is 34.2. The van der Waals surface area contributed by atoms with Crippen molar-refractivity contribution in [3.8, 4) is 0 Å². The number of nitrogens with zero attached hydrogens (tertiary/aromatic N) is 1. The first-order valence-electron chi connectivity index (χ1n) is 11.5. The standard InChI is InChI=1S/C21H37N7O9/c1-10(2)8-14(20(36)37)28-18(34)12(5-6-15(29)30)26-19(35)13(9-16(31)32)27-17(33)11(22)4-3-7-25-21(23)24/h10-14H,3-9,22H2,1-2H3,(H,26,35)(H,27,33)(H,28,34)(H,29,30)(H,31,32)(H,36,37)(H4,23,24,25). The number of guanidine groups is 1. The van der Waals surface area contributed by atoms with E-state index >= 15 is 0 Å². The molecule has 3 amide bonds. The van der Waals surface area contributed by atoms with Gasteiger partial charge in [-0.05, 0) is 31.6 Å². The van der Waals surface area contributed by atoms with E-state index in [4.69, 9.17) is 27.4 Å². The predicted molar refractivity (Wildman–Crippen MR) is 130 cm³/mol. The summed E-state index contributed by atoms with van der Waals surface area (Å²) in [6.07, 6.45) is -1.34. The highest BCUT2D eigenvalue weighted by Crippen LogP contribution is 2.08. The Balaban J connectivity index is 5.50. The summed E-state index contributed by atoms with van der Waals surface area (Å²) in [5.41, 5.74) is 16.2. The summed E-state index contributed by atoms with van der Waals surface area (Å²) >= 11 is 0. The van der Waals surface area contributed by atoms with Crippen LogP contribution in [0.3, 0.4) is 0 Å². The van der Waals surface area contributed by atoms with Gasteiger partial charge in [-0.15, -0.1) is 0 Å². The molecule has 0 bridgehead atoms. The fraction of sp³-hybridized carbons (Fsp3) is 0.667. The van der Waals surface area contributed by atoms with E-state index in [2.05, 4.69) is 20.9 Å². The van der Waals surface area contributed by atoms with Gasteiger partial charge in [0.25, 0.3) is 0 Å². The minimum absolute atomic E-state index is 0.0689. The number of hydrogen-bond donors (Lipinski definition) is 9. The molecule has 0 aromatic carbocycles. The van der Waals surface area contributed by atoms with E-state index in [1.807, 2.05) is 0 Å². The van der Waals surface area contributed by atoms with Gasteiger partial charge in [-0.3, -0.25) is 29.0 Å². The highest BCUT2D eigenvalue weighted by molar-refractivity contribution is 5.95. The SMILES string of the molecule is CC(C)CC(NC(=O)C(CCC(=O)O)NC(=O)C(CC(=O)O)NC(=O)C(N)CCCN=C(N)N)C(=O)O. The number of carboxylic acid groups (broad SMARTS) is 3. The van der Waals surface area contributed by atoms with Gasteiger partial charge in [0.05, 0.1) is 12.5 Å². The Morgan fingerprint density at radius 3 is 1.81 bits per heavy atom. The second kappa shape index (κ2) is 16.7. The van der Waals surface area contributed by atoms with Crippen LogP contribution >= 0.6 is 0 Å². The van der Waals surface area contributed by atoms with Crippen molar-refractivity contribution in [3.63, 3.8) is 0 Å². The van der Waals surface area contributed by atoms with E-state index in [1.54, 1.807) is 13.8 Å². The van der Waals surface area contributed by atoms with Crippen LogP contribution in [0.1, 0.15) is 52.4 Å². The van der Waals surface area contributed by atoms with Gasteiger partial charge in [-0.2, -0.15) is 0 Å². The van der Waals surface area contributed by atoms with Crippen LogP contribution in [0.25, 0.3) is 0 Å². The highest BCUT2D eigenvalue weighted by atomic mass is 16.4. The van der Waals surface area contributed by atoms with Crippen LogP contribution in [-0.2, 0) is 28.8 Å². The minimum atomic E-state index is -1.65. The number of rotatable bonds is 18. The third kappa shape index (κ3) is 14.9. The normalized spacial score (nSPS) is 13.9. The second-order valence-electron chi connectivity index (χ2n) is 8.74. The molecule has 0 saturated heterocycles. The van der Waals surface area contributed by atoms with Crippen LogP contribution in [0.2, 0.25) is 0 Å². The molecule has 0 heterocycles. The molecule has 16 nitrogen and oxygen atoms in total. The van der Waals surface area contributed by atoms with E-state index in [1.165, 1.54) is 0 Å². The summed E-state index contributed by atoms with van der Waals surface area (Å²) in [6.45, 7) is 3.66. The number of amides is 3.